The van der Waals surface area contributed by atoms with Crippen molar-refractivity contribution in [3.63, 3.8) is 0 Å². The zero-order valence-corrected chi connectivity index (χ0v) is 12.2. The van der Waals surface area contributed by atoms with Gasteiger partial charge in [-0.1, -0.05) is 25.2 Å². The third-order valence-electron chi connectivity index (χ3n) is 2.87. The molecule has 0 amide bonds. The number of nitrogens with two attached hydrogens (primary N) is 1. The van der Waals surface area contributed by atoms with Gasteiger partial charge in [0.1, 0.15) is 4.99 Å². The number of nitrogens with zero attached hydrogens (tertiary/aromatic N) is 1. The van der Waals surface area contributed by atoms with Crippen molar-refractivity contribution in [3.8, 4) is 17.4 Å². The molecule has 0 saturated heterocycles. The zero-order valence-electron chi connectivity index (χ0n) is 11.4. The second-order valence-corrected chi connectivity index (χ2v) is 4.63. The summed E-state index contributed by atoms with van der Waals surface area (Å²) in [6.07, 6.45) is 2.53. The van der Waals surface area contributed by atoms with Crippen LogP contribution in [0.15, 0.2) is 36.5 Å². The summed E-state index contributed by atoms with van der Waals surface area (Å²) in [5, 5.41) is 0. The maximum Gasteiger partial charge on any atom is 0.219 e. The normalized spacial score (nSPS) is 10.1. The first-order valence-electron chi connectivity index (χ1n) is 6.24. The molecule has 0 aliphatic heterocycles. The van der Waals surface area contributed by atoms with Gasteiger partial charge < -0.3 is 15.2 Å². The van der Waals surface area contributed by atoms with Gasteiger partial charge in [-0.05, 0) is 30.2 Å². The van der Waals surface area contributed by atoms with E-state index in [1.165, 1.54) is 5.56 Å². The van der Waals surface area contributed by atoms with Crippen molar-refractivity contribution in [3.05, 3.63) is 47.7 Å². The van der Waals surface area contributed by atoms with Gasteiger partial charge in [-0.25, -0.2) is 4.98 Å². The largest absolute Gasteiger partial charge is 0.493 e. The topological polar surface area (TPSA) is 57.4 Å². The molecule has 0 spiro atoms. The molecule has 2 N–H and O–H groups in total. The van der Waals surface area contributed by atoms with Crippen LogP contribution in [0.5, 0.6) is 17.4 Å². The van der Waals surface area contributed by atoms with Gasteiger partial charge in [0.25, 0.3) is 0 Å². The third-order valence-corrected chi connectivity index (χ3v) is 3.11. The molecule has 1 aromatic heterocycles. The number of rotatable bonds is 5. The van der Waals surface area contributed by atoms with Crippen molar-refractivity contribution in [1.29, 1.82) is 0 Å². The molecule has 0 fully saturated rings. The van der Waals surface area contributed by atoms with Gasteiger partial charge in [0, 0.05) is 17.8 Å². The van der Waals surface area contributed by atoms with Crippen molar-refractivity contribution in [1.82, 2.24) is 4.98 Å². The zero-order chi connectivity index (χ0) is 14.5. The summed E-state index contributed by atoms with van der Waals surface area (Å²) in [7, 11) is 1.62. The number of ether oxygens (including phenoxy) is 2. The summed E-state index contributed by atoms with van der Waals surface area (Å²) in [6, 6.07) is 9.33. The van der Waals surface area contributed by atoms with Crippen LogP contribution in [-0.2, 0) is 6.42 Å². The Kier molecular flexibility index (Phi) is 4.53. The fourth-order valence-electron chi connectivity index (χ4n) is 1.72. The molecular formula is C15H16N2O2S. The average molecular weight is 288 g/mol. The SMILES string of the molecule is CCc1ccc(Oc2ccc(C(N)=S)cn2)c(OC)c1. The second-order valence-electron chi connectivity index (χ2n) is 4.19. The van der Waals surface area contributed by atoms with Crippen LogP contribution in [0.2, 0.25) is 0 Å². The molecule has 0 atom stereocenters. The van der Waals surface area contributed by atoms with Crippen molar-refractivity contribution < 1.29 is 9.47 Å². The monoisotopic (exact) mass is 288 g/mol. The molecule has 0 unspecified atom stereocenters. The highest BCUT2D eigenvalue weighted by atomic mass is 32.1. The Bertz CT molecular complexity index is 612. The summed E-state index contributed by atoms with van der Waals surface area (Å²) in [4.78, 5) is 4.48. The summed E-state index contributed by atoms with van der Waals surface area (Å²) in [6.45, 7) is 2.09. The summed E-state index contributed by atoms with van der Waals surface area (Å²) >= 11 is 4.88. The van der Waals surface area contributed by atoms with Crippen molar-refractivity contribution >= 4 is 17.2 Å². The van der Waals surface area contributed by atoms with E-state index < -0.39 is 0 Å². The Morgan fingerprint density at radius 2 is 2.05 bits per heavy atom. The molecule has 1 aromatic carbocycles. The molecular weight excluding hydrogens is 272 g/mol. The van der Waals surface area contributed by atoms with Crippen LogP contribution >= 0.6 is 12.2 Å². The van der Waals surface area contributed by atoms with E-state index >= 15 is 0 Å². The Labute approximate surface area is 123 Å². The summed E-state index contributed by atoms with van der Waals surface area (Å²) in [5.41, 5.74) is 7.42. The number of aromatic nitrogens is 1. The van der Waals surface area contributed by atoms with Gasteiger partial charge in [-0.3, -0.25) is 0 Å². The van der Waals surface area contributed by atoms with E-state index in [1.54, 1.807) is 25.4 Å². The molecule has 2 aromatic rings. The van der Waals surface area contributed by atoms with E-state index in [9.17, 15) is 0 Å². The number of benzene rings is 1. The molecule has 0 bridgehead atoms. The number of hydrogen-bond donors (Lipinski definition) is 1. The number of thiocarbonyl (C=S) groups is 1. The fourth-order valence-corrected chi connectivity index (χ4v) is 1.84. The van der Waals surface area contributed by atoms with Crippen LogP contribution in [0.3, 0.4) is 0 Å². The molecule has 1 heterocycles. The first-order valence-corrected chi connectivity index (χ1v) is 6.65. The lowest BCUT2D eigenvalue weighted by Crippen LogP contribution is -2.09. The van der Waals surface area contributed by atoms with E-state index in [0.29, 0.717) is 27.9 Å². The Morgan fingerprint density at radius 1 is 1.25 bits per heavy atom. The first kappa shape index (κ1) is 14.3. The lowest BCUT2D eigenvalue weighted by molar-refractivity contribution is 0.373. The number of pyridine rings is 1. The lowest BCUT2D eigenvalue weighted by Gasteiger charge is -2.11. The van der Waals surface area contributed by atoms with Crippen LogP contribution in [0, 0.1) is 0 Å². The van der Waals surface area contributed by atoms with Crippen molar-refractivity contribution in [2.24, 2.45) is 5.73 Å². The van der Waals surface area contributed by atoms with Crippen LogP contribution in [0.4, 0.5) is 0 Å². The molecule has 20 heavy (non-hydrogen) atoms. The summed E-state index contributed by atoms with van der Waals surface area (Å²) < 4.78 is 11.0. The molecule has 104 valence electrons. The standard InChI is InChI=1S/C15H16N2O2S/c1-3-10-4-6-12(13(8-10)18-2)19-14-7-5-11(9-17-14)15(16)20/h4-9H,3H2,1-2H3,(H2,16,20). The molecule has 0 aliphatic rings. The maximum atomic E-state index is 5.71. The Hall–Kier alpha value is -2.14. The highest BCUT2D eigenvalue weighted by molar-refractivity contribution is 7.80. The van der Waals surface area contributed by atoms with Gasteiger partial charge in [0.05, 0.1) is 7.11 Å². The highest BCUT2D eigenvalue weighted by Crippen LogP contribution is 2.31. The molecule has 0 radical (unpaired) electrons. The van der Waals surface area contributed by atoms with E-state index in [0.717, 1.165) is 6.42 Å². The van der Waals surface area contributed by atoms with Gasteiger partial charge in [0.15, 0.2) is 11.5 Å². The molecule has 4 nitrogen and oxygen atoms in total. The number of methoxy groups -OCH3 is 1. The van der Waals surface area contributed by atoms with E-state index in [2.05, 4.69) is 11.9 Å². The molecule has 0 aliphatic carbocycles. The van der Waals surface area contributed by atoms with Crippen LogP contribution < -0.4 is 15.2 Å². The van der Waals surface area contributed by atoms with E-state index in [-0.39, 0.29) is 0 Å². The fraction of sp³-hybridized carbons (Fsp3) is 0.200. The minimum atomic E-state index is 0.314. The minimum absolute atomic E-state index is 0.314. The Balaban J connectivity index is 2.23. The lowest BCUT2D eigenvalue weighted by atomic mass is 10.1. The highest BCUT2D eigenvalue weighted by Gasteiger charge is 2.07. The van der Waals surface area contributed by atoms with Crippen LogP contribution in [0.1, 0.15) is 18.1 Å². The van der Waals surface area contributed by atoms with E-state index in [1.807, 2.05) is 18.2 Å². The minimum Gasteiger partial charge on any atom is -0.493 e. The number of hydrogen-bond acceptors (Lipinski definition) is 4. The van der Waals surface area contributed by atoms with Crippen molar-refractivity contribution in [2.45, 2.75) is 13.3 Å². The van der Waals surface area contributed by atoms with Crippen LogP contribution in [0.25, 0.3) is 0 Å². The van der Waals surface area contributed by atoms with Gasteiger partial charge in [-0.2, -0.15) is 0 Å². The number of aryl methyl sites for hydroxylation is 1. The third kappa shape index (κ3) is 3.24. The second kappa shape index (κ2) is 6.34. The molecule has 0 saturated carbocycles. The maximum absolute atomic E-state index is 5.71. The van der Waals surface area contributed by atoms with Gasteiger partial charge in [0.2, 0.25) is 5.88 Å². The molecule has 5 heteroatoms. The summed E-state index contributed by atoms with van der Waals surface area (Å²) in [5.74, 6) is 1.78. The Morgan fingerprint density at radius 3 is 2.60 bits per heavy atom. The average Bonchev–Trinajstić information content (AvgIpc) is 2.48. The smallest absolute Gasteiger partial charge is 0.219 e. The predicted molar refractivity (Wildman–Crippen MR) is 82.6 cm³/mol. The van der Waals surface area contributed by atoms with Crippen LogP contribution in [-0.4, -0.2) is 17.1 Å². The quantitative estimate of drug-likeness (QED) is 0.857. The van der Waals surface area contributed by atoms with Crippen molar-refractivity contribution in [2.75, 3.05) is 7.11 Å². The predicted octanol–water partition coefficient (Wildman–Crippen LogP) is 3.08. The van der Waals surface area contributed by atoms with Gasteiger partial charge in [-0.15, -0.1) is 0 Å². The molecule has 2 rings (SSSR count). The van der Waals surface area contributed by atoms with E-state index in [4.69, 9.17) is 27.4 Å². The first-order chi connectivity index (χ1) is 9.63. The van der Waals surface area contributed by atoms with Gasteiger partial charge >= 0.3 is 0 Å².